The Bertz CT molecular complexity index is 1200. The van der Waals surface area contributed by atoms with Gasteiger partial charge in [-0.3, -0.25) is 19.2 Å². The van der Waals surface area contributed by atoms with E-state index in [1.807, 2.05) is 30.3 Å². The smallest absolute Gasteiger partial charge is 0.326 e. The van der Waals surface area contributed by atoms with Gasteiger partial charge in [-0.2, -0.15) is 0 Å². The molecule has 7 N–H and O–H groups in total. The Hall–Kier alpha value is -4.51. The van der Waals surface area contributed by atoms with Crippen molar-refractivity contribution in [2.45, 2.75) is 51.7 Å². The van der Waals surface area contributed by atoms with Gasteiger partial charge in [0.1, 0.15) is 17.8 Å². The highest BCUT2D eigenvalue weighted by Crippen LogP contribution is 2.11. The molecule has 0 saturated carbocycles. The summed E-state index contributed by atoms with van der Waals surface area (Å²) in [5.74, 6) is -4.21. The molecule has 11 heteroatoms. The Labute approximate surface area is 233 Å². The number of hydrogen-bond acceptors (Lipinski definition) is 6. The monoisotopic (exact) mass is 551 g/mol. The number of rotatable bonds is 14. The number of nitrogens with one attached hydrogen (secondary N) is 4. The molecule has 0 fully saturated rings. The standard InChI is InChI=1S/C29H37N5O6/c1-4-18(2)25(29(39)40)34-28(38)23(16-21-13-9-6-10-14-21)33-26(36)19(3)32-24(35)17-31-27(37)22(30)15-20-11-7-5-8-12-20/h5-14,16,18-19,22,25H,4,15,17,30H2,1-3H3,(H,31,37)(H,32,35)(H,33,36)(H,34,38)(H,39,40)/b23-16-/t18-,19-,22-,25-/m0/s1. The van der Waals surface area contributed by atoms with Gasteiger partial charge in [0, 0.05) is 0 Å². The van der Waals surface area contributed by atoms with E-state index in [-0.39, 0.29) is 11.6 Å². The third-order valence-corrected chi connectivity index (χ3v) is 6.21. The minimum Gasteiger partial charge on any atom is -0.480 e. The molecule has 0 unspecified atom stereocenters. The van der Waals surface area contributed by atoms with E-state index in [2.05, 4.69) is 21.3 Å². The van der Waals surface area contributed by atoms with E-state index in [1.54, 1.807) is 44.2 Å². The van der Waals surface area contributed by atoms with Crippen molar-refractivity contribution < 1.29 is 29.1 Å². The molecule has 2 rings (SSSR count). The van der Waals surface area contributed by atoms with Gasteiger partial charge in [-0.25, -0.2) is 4.79 Å². The molecule has 4 amide bonds. The van der Waals surface area contributed by atoms with Crippen molar-refractivity contribution in [3.8, 4) is 0 Å². The maximum atomic E-state index is 13.0. The number of carbonyl (C=O) groups is 5. The first-order chi connectivity index (χ1) is 19.0. The summed E-state index contributed by atoms with van der Waals surface area (Å²) in [6, 6.07) is 14.8. The SMILES string of the molecule is CC[C@H](C)[C@H](NC(=O)/C(=C/c1ccccc1)NC(=O)[C@H](C)NC(=O)CNC(=O)[C@@H](N)Cc1ccccc1)C(=O)O. The van der Waals surface area contributed by atoms with Gasteiger partial charge in [0.05, 0.1) is 12.6 Å². The topological polar surface area (TPSA) is 180 Å². The highest BCUT2D eigenvalue weighted by Gasteiger charge is 2.28. The van der Waals surface area contributed by atoms with Gasteiger partial charge in [0.25, 0.3) is 5.91 Å². The van der Waals surface area contributed by atoms with Crippen LogP contribution < -0.4 is 27.0 Å². The molecule has 11 nitrogen and oxygen atoms in total. The first-order valence-corrected chi connectivity index (χ1v) is 13.0. The van der Waals surface area contributed by atoms with Crippen molar-refractivity contribution in [1.82, 2.24) is 21.3 Å². The molecular formula is C29H37N5O6. The predicted molar refractivity (Wildman–Crippen MR) is 150 cm³/mol. The van der Waals surface area contributed by atoms with E-state index in [4.69, 9.17) is 5.73 Å². The average Bonchev–Trinajstić information content (AvgIpc) is 2.94. The number of aliphatic carboxylic acids is 1. The largest absolute Gasteiger partial charge is 0.480 e. The summed E-state index contributed by atoms with van der Waals surface area (Å²) in [4.78, 5) is 62.3. The van der Waals surface area contributed by atoms with Crippen LogP contribution in [0.3, 0.4) is 0 Å². The minimum atomic E-state index is -1.20. The lowest BCUT2D eigenvalue weighted by Gasteiger charge is -2.22. The zero-order chi connectivity index (χ0) is 29.7. The van der Waals surface area contributed by atoms with Crippen molar-refractivity contribution in [2.24, 2.45) is 11.7 Å². The van der Waals surface area contributed by atoms with Crippen molar-refractivity contribution in [2.75, 3.05) is 6.54 Å². The van der Waals surface area contributed by atoms with E-state index >= 15 is 0 Å². The highest BCUT2D eigenvalue weighted by atomic mass is 16.4. The van der Waals surface area contributed by atoms with Gasteiger partial charge in [0.2, 0.25) is 17.7 Å². The molecular weight excluding hydrogens is 514 g/mol. The van der Waals surface area contributed by atoms with Crippen LogP contribution in [0.5, 0.6) is 0 Å². The van der Waals surface area contributed by atoms with E-state index in [0.717, 1.165) is 5.56 Å². The third kappa shape index (κ3) is 10.3. The van der Waals surface area contributed by atoms with Crippen LogP contribution in [-0.2, 0) is 30.4 Å². The number of amides is 4. The summed E-state index contributed by atoms with van der Waals surface area (Å²) in [6.07, 6.45) is 2.22. The molecule has 0 radical (unpaired) electrons. The third-order valence-electron chi connectivity index (χ3n) is 6.21. The molecule has 40 heavy (non-hydrogen) atoms. The lowest BCUT2D eigenvalue weighted by atomic mass is 9.99. The van der Waals surface area contributed by atoms with Crippen LogP contribution in [0.25, 0.3) is 6.08 Å². The van der Waals surface area contributed by atoms with Crippen LogP contribution >= 0.6 is 0 Å². The summed E-state index contributed by atoms with van der Waals surface area (Å²) < 4.78 is 0. The van der Waals surface area contributed by atoms with Gasteiger partial charge < -0.3 is 32.1 Å². The van der Waals surface area contributed by atoms with Crippen molar-refractivity contribution in [3.63, 3.8) is 0 Å². The highest BCUT2D eigenvalue weighted by molar-refractivity contribution is 6.03. The molecule has 4 atom stereocenters. The number of hydrogen-bond donors (Lipinski definition) is 6. The quantitative estimate of drug-likeness (QED) is 0.189. The van der Waals surface area contributed by atoms with Crippen molar-refractivity contribution in [3.05, 3.63) is 77.5 Å². The van der Waals surface area contributed by atoms with Crippen LogP contribution in [-0.4, -0.2) is 59.4 Å². The average molecular weight is 552 g/mol. The van der Waals surface area contributed by atoms with E-state index in [0.29, 0.717) is 18.4 Å². The van der Waals surface area contributed by atoms with Gasteiger partial charge in [-0.1, -0.05) is 80.9 Å². The van der Waals surface area contributed by atoms with E-state index in [9.17, 15) is 29.1 Å². The van der Waals surface area contributed by atoms with Crippen LogP contribution in [0, 0.1) is 5.92 Å². The second kappa shape index (κ2) is 15.8. The Morgan fingerprint density at radius 2 is 1.50 bits per heavy atom. The summed E-state index contributed by atoms with van der Waals surface area (Å²) >= 11 is 0. The summed E-state index contributed by atoms with van der Waals surface area (Å²) in [7, 11) is 0. The molecule has 0 aliphatic carbocycles. The zero-order valence-corrected chi connectivity index (χ0v) is 22.8. The Morgan fingerprint density at radius 3 is 2.08 bits per heavy atom. The van der Waals surface area contributed by atoms with E-state index < -0.39 is 54.3 Å². The second-order valence-corrected chi connectivity index (χ2v) is 9.44. The summed E-state index contributed by atoms with van der Waals surface area (Å²) in [5.41, 5.74) is 7.20. The fraction of sp³-hybridized carbons (Fsp3) is 0.345. The lowest BCUT2D eigenvalue weighted by molar-refractivity contribution is -0.142. The number of nitrogens with two attached hydrogens (primary N) is 1. The fourth-order valence-electron chi connectivity index (χ4n) is 3.63. The second-order valence-electron chi connectivity index (χ2n) is 9.44. The van der Waals surface area contributed by atoms with Gasteiger partial charge in [0.15, 0.2) is 0 Å². The molecule has 0 saturated heterocycles. The molecule has 0 aliphatic heterocycles. The van der Waals surface area contributed by atoms with E-state index in [1.165, 1.54) is 13.0 Å². The number of carboxylic acid groups (broad SMARTS) is 1. The Balaban J connectivity index is 2.01. The molecule has 0 aliphatic rings. The molecule has 2 aromatic rings. The number of benzene rings is 2. The predicted octanol–water partition coefficient (Wildman–Crippen LogP) is 0.950. The van der Waals surface area contributed by atoms with Crippen LogP contribution in [0.2, 0.25) is 0 Å². The Kier molecular flexibility index (Phi) is 12.5. The lowest BCUT2D eigenvalue weighted by Crippen LogP contribution is -2.51. The molecule has 214 valence electrons. The van der Waals surface area contributed by atoms with Gasteiger partial charge in [-0.05, 0) is 36.5 Å². The summed E-state index contributed by atoms with van der Waals surface area (Å²) in [6.45, 7) is 4.51. The van der Waals surface area contributed by atoms with Gasteiger partial charge >= 0.3 is 5.97 Å². The van der Waals surface area contributed by atoms with Crippen molar-refractivity contribution >= 4 is 35.7 Å². The normalized spacial score (nSPS) is 14.2. The first kappa shape index (κ1) is 31.7. The number of carboxylic acids is 1. The zero-order valence-electron chi connectivity index (χ0n) is 22.8. The first-order valence-electron chi connectivity index (χ1n) is 13.0. The van der Waals surface area contributed by atoms with Crippen LogP contribution in [0.15, 0.2) is 66.4 Å². The van der Waals surface area contributed by atoms with Crippen molar-refractivity contribution in [1.29, 1.82) is 0 Å². The van der Waals surface area contributed by atoms with Crippen LogP contribution in [0.1, 0.15) is 38.3 Å². The Morgan fingerprint density at radius 1 is 0.900 bits per heavy atom. The molecule has 0 heterocycles. The minimum absolute atomic E-state index is 0.188. The van der Waals surface area contributed by atoms with Gasteiger partial charge in [-0.15, -0.1) is 0 Å². The maximum Gasteiger partial charge on any atom is 0.326 e. The maximum absolute atomic E-state index is 13.0. The molecule has 0 aromatic heterocycles. The summed E-state index contributed by atoms with van der Waals surface area (Å²) in [5, 5.41) is 19.4. The molecule has 0 spiro atoms. The fourth-order valence-corrected chi connectivity index (χ4v) is 3.63. The van der Waals surface area contributed by atoms with Crippen LogP contribution in [0.4, 0.5) is 0 Å². The molecule has 0 bridgehead atoms. The number of carbonyl (C=O) groups excluding carboxylic acids is 4. The molecule has 2 aromatic carbocycles.